The number of hydrogen-bond acceptors (Lipinski definition) is 4. The zero-order chi connectivity index (χ0) is 24.6. The van der Waals surface area contributed by atoms with E-state index in [4.69, 9.17) is 14.2 Å². The van der Waals surface area contributed by atoms with Gasteiger partial charge < -0.3 is 19.5 Å². The molecule has 0 aromatic heterocycles. The Bertz CT molecular complexity index is 1220. The molecule has 0 amide bonds. The van der Waals surface area contributed by atoms with Crippen molar-refractivity contribution in [2.75, 3.05) is 26.8 Å². The van der Waals surface area contributed by atoms with Crippen LogP contribution in [0, 0.1) is 5.92 Å². The van der Waals surface area contributed by atoms with Gasteiger partial charge in [0.1, 0.15) is 0 Å². The van der Waals surface area contributed by atoms with E-state index in [-0.39, 0.29) is 12.0 Å². The maximum absolute atomic E-state index is 6.56. The van der Waals surface area contributed by atoms with Crippen LogP contribution in [-0.2, 0) is 34.0 Å². The second kappa shape index (κ2) is 12.3. The van der Waals surface area contributed by atoms with E-state index in [1.807, 2.05) is 18.2 Å². The third-order valence-corrected chi connectivity index (χ3v) is 7.06. The summed E-state index contributed by atoms with van der Waals surface area (Å²) in [5.74, 6) is 0.622. The summed E-state index contributed by atoms with van der Waals surface area (Å²) < 4.78 is 18.1. The summed E-state index contributed by atoms with van der Waals surface area (Å²) in [5, 5.41) is 6.07. The molecule has 4 aromatic carbocycles. The Morgan fingerprint density at radius 3 is 2.17 bits per heavy atom. The second-order valence-corrected chi connectivity index (χ2v) is 9.65. The summed E-state index contributed by atoms with van der Waals surface area (Å²) in [5.41, 5.74) is 4.87. The van der Waals surface area contributed by atoms with Crippen molar-refractivity contribution >= 4 is 10.8 Å². The molecule has 0 radical (unpaired) electrons. The number of rotatable bonds is 10. The van der Waals surface area contributed by atoms with E-state index in [1.54, 1.807) is 7.11 Å². The van der Waals surface area contributed by atoms with Gasteiger partial charge in [-0.15, -0.1) is 0 Å². The predicted molar refractivity (Wildman–Crippen MR) is 145 cm³/mol. The average molecular weight is 482 g/mol. The Hall–Kier alpha value is -3.02. The van der Waals surface area contributed by atoms with Gasteiger partial charge in [-0.3, -0.25) is 0 Å². The lowest BCUT2D eigenvalue weighted by Gasteiger charge is -2.38. The molecule has 0 saturated carbocycles. The van der Waals surface area contributed by atoms with Crippen molar-refractivity contribution in [2.24, 2.45) is 5.92 Å². The number of hydrogen-bond donors (Lipinski definition) is 1. The van der Waals surface area contributed by atoms with Crippen LogP contribution in [0.15, 0.2) is 97.1 Å². The molecule has 1 fully saturated rings. The van der Waals surface area contributed by atoms with Crippen LogP contribution in [0.2, 0.25) is 0 Å². The lowest BCUT2D eigenvalue weighted by molar-refractivity contribution is -0.0193. The Morgan fingerprint density at radius 1 is 0.694 bits per heavy atom. The van der Waals surface area contributed by atoms with Crippen LogP contribution in [0.3, 0.4) is 0 Å². The SMILES string of the molecule is COCC1CNCC(OCc2ccc3ccccc3c2)C1c1ccc(COCc2ccccc2)cc1. The van der Waals surface area contributed by atoms with Crippen molar-refractivity contribution in [2.45, 2.75) is 31.8 Å². The topological polar surface area (TPSA) is 39.7 Å². The van der Waals surface area contributed by atoms with E-state index in [9.17, 15) is 0 Å². The summed E-state index contributed by atoms with van der Waals surface area (Å²) in [4.78, 5) is 0. The number of ether oxygens (including phenoxy) is 3. The summed E-state index contributed by atoms with van der Waals surface area (Å²) in [6.45, 7) is 4.28. The van der Waals surface area contributed by atoms with Crippen LogP contribution in [-0.4, -0.2) is 32.9 Å². The molecule has 186 valence electrons. The molecular formula is C32H35NO3. The molecule has 0 spiro atoms. The first-order valence-corrected chi connectivity index (χ1v) is 12.8. The third kappa shape index (κ3) is 6.21. The van der Waals surface area contributed by atoms with Crippen molar-refractivity contribution in [3.8, 4) is 0 Å². The van der Waals surface area contributed by atoms with Crippen LogP contribution in [0.1, 0.15) is 28.2 Å². The maximum Gasteiger partial charge on any atom is 0.0776 e. The lowest BCUT2D eigenvalue weighted by atomic mass is 9.79. The molecule has 5 rings (SSSR count). The van der Waals surface area contributed by atoms with E-state index >= 15 is 0 Å². The molecule has 1 N–H and O–H groups in total. The van der Waals surface area contributed by atoms with Crippen LogP contribution in [0.5, 0.6) is 0 Å². The minimum atomic E-state index is 0.0746. The second-order valence-electron chi connectivity index (χ2n) is 9.65. The lowest BCUT2D eigenvalue weighted by Crippen LogP contribution is -2.48. The van der Waals surface area contributed by atoms with Crippen LogP contribution in [0.4, 0.5) is 0 Å². The average Bonchev–Trinajstić information content (AvgIpc) is 2.93. The molecule has 1 aliphatic heterocycles. The molecule has 0 aliphatic carbocycles. The molecule has 36 heavy (non-hydrogen) atoms. The molecule has 3 atom stereocenters. The Balaban J connectivity index is 1.25. The zero-order valence-electron chi connectivity index (χ0n) is 20.9. The van der Waals surface area contributed by atoms with Gasteiger partial charge in [-0.1, -0.05) is 91.0 Å². The quantitative estimate of drug-likeness (QED) is 0.297. The van der Waals surface area contributed by atoms with E-state index in [0.717, 1.165) is 13.1 Å². The highest BCUT2D eigenvalue weighted by atomic mass is 16.5. The monoisotopic (exact) mass is 481 g/mol. The normalized spacial score (nSPS) is 20.0. The summed E-state index contributed by atoms with van der Waals surface area (Å²) in [7, 11) is 1.78. The smallest absolute Gasteiger partial charge is 0.0776 e. The number of nitrogens with one attached hydrogen (secondary N) is 1. The Kier molecular flexibility index (Phi) is 8.42. The highest BCUT2D eigenvalue weighted by molar-refractivity contribution is 5.82. The zero-order valence-corrected chi connectivity index (χ0v) is 20.9. The molecule has 4 heteroatoms. The van der Waals surface area contributed by atoms with Gasteiger partial charge in [-0.05, 0) is 39.1 Å². The van der Waals surface area contributed by atoms with Gasteiger partial charge in [0.2, 0.25) is 0 Å². The van der Waals surface area contributed by atoms with E-state index in [1.165, 1.54) is 33.0 Å². The van der Waals surface area contributed by atoms with Gasteiger partial charge in [0.25, 0.3) is 0 Å². The number of benzene rings is 4. The fourth-order valence-electron chi connectivity index (χ4n) is 5.22. The summed E-state index contributed by atoms with van der Waals surface area (Å²) in [6, 6.07) is 34.2. The Labute approximate surface area is 214 Å². The molecule has 1 saturated heterocycles. The van der Waals surface area contributed by atoms with Gasteiger partial charge in [-0.25, -0.2) is 0 Å². The van der Waals surface area contributed by atoms with Gasteiger partial charge in [0.15, 0.2) is 0 Å². The highest BCUT2D eigenvalue weighted by Crippen LogP contribution is 2.33. The van der Waals surface area contributed by atoms with Gasteiger partial charge in [-0.2, -0.15) is 0 Å². The fraction of sp³-hybridized carbons (Fsp3) is 0.312. The Morgan fingerprint density at radius 2 is 1.39 bits per heavy atom. The first-order chi connectivity index (χ1) is 17.8. The van der Waals surface area contributed by atoms with Gasteiger partial charge in [0.05, 0.1) is 32.5 Å². The first-order valence-electron chi connectivity index (χ1n) is 12.8. The number of piperidine rings is 1. The molecule has 0 bridgehead atoms. The summed E-state index contributed by atoms with van der Waals surface area (Å²) in [6.07, 6.45) is 0.0746. The minimum absolute atomic E-state index is 0.0746. The van der Waals surface area contributed by atoms with Crippen LogP contribution < -0.4 is 5.32 Å². The largest absolute Gasteiger partial charge is 0.384 e. The van der Waals surface area contributed by atoms with Crippen molar-refractivity contribution in [3.05, 3.63) is 119 Å². The highest BCUT2D eigenvalue weighted by Gasteiger charge is 2.35. The molecular weight excluding hydrogens is 446 g/mol. The first kappa shape index (κ1) is 24.7. The van der Waals surface area contributed by atoms with Crippen LogP contribution >= 0.6 is 0 Å². The van der Waals surface area contributed by atoms with Crippen molar-refractivity contribution in [3.63, 3.8) is 0 Å². The van der Waals surface area contributed by atoms with Crippen molar-refractivity contribution in [1.82, 2.24) is 5.32 Å². The fourth-order valence-corrected chi connectivity index (χ4v) is 5.22. The predicted octanol–water partition coefficient (Wildman–Crippen LogP) is 6.09. The summed E-state index contributed by atoms with van der Waals surface area (Å²) >= 11 is 0. The van der Waals surface area contributed by atoms with E-state index in [2.05, 4.69) is 84.2 Å². The number of fused-ring (bicyclic) bond motifs is 1. The van der Waals surface area contributed by atoms with Crippen LogP contribution in [0.25, 0.3) is 10.8 Å². The molecule has 4 nitrogen and oxygen atoms in total. The standard InChI is InChI=1S/C32H35NO3/c1-34-23-30-18-33-19-31(36-22-26-13-14-27-9-5-6-10-29(27)17-26)32(30)28-15-11-25(12-16-28)21-35-20-24-7-3-2-4-8-24/h2-17,30-33H,18-23H2,1H3. The van der Waals surface area contributed by atoms with Gasteiger partial charge in [0, 0.05) is 32.0 Å². The van der Waals surface area contributed by atoms with Crippen molar-refractivity contribution < 1.29 is 14.2 Å². The third-order valence-electron chi connectivity index (χ3n) is 7.06. The molecule has 3 unspecified atom stereocenters. The van der Waals surface area contributed by atoms with E-state index in [0.29, 0.717) is 32.3 Å². The molecule has 1 heterocycles. The minimum Gasteiger partial charge on any atom is -0.384 e. The molecule has 1 aliphatic rings. The van der Waals surface area contributed by atoms with Gasteiger partial charge >= 0.3 is 0 Å². The van der Waals surface area contributed by atoms with E-state index < -0.39 is 0 Å². The van der Waals surface area contributed by atoms with Crippen molar-refractivity contribution in [1.29, 1.82) is 0 Å². The molecule has 4 aromatic rings. The number of methoxy groups -OCH3 is 1. The maximum atomic E-state index is 6.56.